The number of nitrogens with zero attached hydrogens (tertiary/aromatic N) is 1. The Kier molecular flexibility index (Phi) is 4.39. The highest BCUT2D eigenvalue weighted by atomic mass is 32.1. The van der Waals surface area contributed by atoms with Crippen molar-refractivity contribution in [1.29, 1.82) is 0 Å². The maximum Gasteiger partial charge on any atom is 0.263 e. The third-order valence-electron chi connectivity index (χ3n) is 3.06. The molecule has 0 fully saturated rings. The second-order valence-corrected chi connectivity index (χ2v) is 6.48. The lowest BCUT2D eigenvalue weighted by Gasteiger charge is -2.23. The Morgan fingerprint density at radius 2 is 2.00 bits per heavy atom. The fraction of sp³-hybridized carbons (Fsp3) is 0.333. The molecule has 0 atom stereocenters. The smallest absolute Gasteiger partial charge is 0.263 e. The van der Waals surface area contributed by atoms with Gasteiger partial charge in [-0.25, -0.2) is 9.37 Å². The van der Waals surface area contributed by atoms with E-state index in [2.05, 4.69) is 10.3 Å². The minimum absolute atomic E-state index is 0.186. The average molecular weight is 307 g/mol. The number of carbonyl (C=O) groups is 1. The summed E-state index contributed by atoms with van der Waals surface area (Å²) in [6, 6.07) is 6.06. The maximum atomic E-state index is 12.9. The molecule has 0 aliphatic carbocycles. The predicted molar refractivity (Wildman–Crippen MR) is 82.8 cm³/mol. The summed E-state index contributed by atoms with van der Waals surface area (Å²) in [5.41, 5.74) is 6.60. The van der Waals surface area contributed by atoms with Gasteiger partial charge >= 0.3 is 0 Å². The molecule has 0 radical (unpaired) electrons. The minimum atomic E-state index is -0.469. The quantitative estimate of drug-likeness (QED) is 0.912. The van der Waals surface area contributed by atoms with Crippen molar-refractivity contribution in [2.24, 2.45) is 5.73 Å². The molecular weight excluding hydrogens is 289 g/mol. The predicted octanol–water partition coefficient (Wildman–Crippen LogP) is 2.72. The average Bonchev–Trinajstić information content (AvgIpc) is 2.81. The fourth-order valence-electron chi connectivity index (χ4n) is 1.74. The first-order chi connectivity index (χ1) is 9.82. The number of hydrogen-bond donors (Lipinski definition) is 2. The second kappa shape index (κ2) is 5.91. The molecular formula is C15H18FN3OS. The van der Waals surface area contributed by atoms with Crippen molar-refractivity contribution in [3.05, 3.63) is 40.7 Å². The molecule has 1 amide bonds. The van der Waals surface area contributed by atoms with Crippen molar-refractivity contribution in [3.8, 4) is 10.6 Å². The number of nitrogens with one attached hydrogen (secondary N) is 1. The molecule has 0 bridgehead atoms. The maximum absolute atomic E-state index is 12.9. The van der Waals surface area contributed by atoms with Crippen LogP contribution in [0.4, 0.5) is 4.39 Å². The Labute approximate surface area is 127 Å². The van der Waals surface area contributed by atoms with Gasteiger partial charge in [-0.15, -0.1) is 11.3 Å². The highest BCUT2D eigenvalue weighted by molar-refractivity contribution is 7.17. The van der Waals surface area contributed by atoms with Crippen LogP contribution in [0.15, 0.2) is 24.3 Å². The first-order valence-corrected chi connectivity index (χ1v) is 7.40. The van der Waals surface area contributed by atoms with Crippen LogP contribution in [-0.4, -0.2) is 23.0 Å². The Balaban J connectivity index is 2.27. The molecule has 0 saturated heterocycles. The minimum Gasteiger partial charge on any atom is -0.345 e. The molecule has 0 saturated carbocycles. The van der Waals surface area contributed by atoms with Gasteiger partial charge < -0.3 is 11.1 Å². The molecule has 1 heterocycles. The molecule has 0 spiro atoms. The molecule has 2 aromatic rings. The van der Waals surface area contributed by atoms with Gasteiger partial charge in [0.15, 0.2) is 0 Å². The number of halogens is 1. The molecule has 4 nitrogen and oxygen atoms in total. The van der Waals surface area contributed by atoms with Crippen LogP contribution in [-0.2, 0) is 0 Å². The van der Waals surface area contributed by atoms with Crippen LogP contribution in [0, 0.1) is 12.7 Å². The zero-order valence-corrected chi connectivity index (χ0v) is 13.1. The number of amides is 1. The molecule has 2 rings (SSSR count). The summed E-state index contributed by atoms with van der Waals surface area (Å²) >= 11 is 1.29. The lowest BCUT2D eigenvalue weighted by molar-refractivity contribution is 0.0919. The molecule has 0 aliphatic rings. The molecule has 1 aromatic carbocycles. The van der Waals surface area contributed by atoms with Crippen molar-refractivity contribution < 1.29 is 9.18 Å². The van der Waals surface area contributed by atoms with Crippen LogP contribution in [0.1, 0.15) is 29.2 Å². The van der Waals surface area contributed by atoms with Crippen molar-refractivity contribution in [1.82, 2.24) is 10.3 Å². The number of hydrogen-bond acceptors (Lipinski definition) is 4. The van der Waals surface area contributed by atoms with Gasteiger partial charge in [0.05, 0.1) is 5.69 Å². The van der Waals surface area contributed by atoms with E-state index in [0.717, 1.165) is 5.56 Å². The van der Waals surface area contributed by atoms with Gasteiger partial charge in [0.25, 0.3) is 5.91 Å². The SMILES string of the molecule is Cc1nc(-c2ccc(F)cc2)sc1C(=O)NC(C)(C)CN. The van der Waals surface area contributed by atoms with E-state index in [4.69, 9.17) is 5.73 Å². The van der Waals surface area contributed by atoms with Crippen molar-refractivity contribution >= 4 is 17.2 Å². The highest BCUT2D eigenvalue weighted by Gasteiger charge is 2.23. The normalized spacial score (nSPS) is 11.5. The number of rotatable bonds is 4. The summed E-state index contributed by atoms with van der Waals surface area (Å²) in [4.78, 5) is 17.2. The summed E-state index contributed by atoms with van der Waals surface area (Å²) in [5, 5.41) is 3.58. The molecule has 6 heteroatoms. The van der Waals surface area contributed by atoms with Gasteiger partial charge in [-0.1, -0.05) is 0 Å². The molecule has 3 N–H and O–H groups in total. The number of aryl methyl sites for hydroxylation is 1. The molecule has 1 aromatic heterocycles. The van der Waals surface area contributed by atoms with Crippen LogP contribution < -0.4 is 11.1 Å². The van der Waals surface area contributed by atoms with E-state index in [9.17, 15) is 9.18 Å². The van der Waals surface area contributed by atoms with Gasteiger partial charge in [-0.3, -0.25) is 4.79 Å². The third-order valence-corrected chi connectivity index (χ3v) is 4.26. The summed E-state index contributed by atoms with van der Waals surface area (Å²) in [7, 11) is 0. The van der Waals surface area contributed by atoms with E-state index in [1.54, 1.807) is 19.1 Å². The zero-order chi connectivity index (χ0) is 15.6. The lowest BCUT2D eigenvalue weighted by atomic mass is 10.1. The fourth-order valence-corrected chi connectivity index (χ4v) is 2.71. The first-order valence-electron chi connectivity index (χ1n) is 6.58. The van der Waals surface area contributed by atoms with E-state index >= 15 is 0 Å². The van der Waals surface area contributed by atoms with Crippen LogP contribution in [0.3, 0.4) is 0 Å². The monoisotopic (exact) mass is 307 g/mol. The third kappa shape index (κ3) is 3.65. The van der Waals surface area contributed by atoms with Crippen molar-refractivity contribution in [2.45, 2.75) is 26.3 Å². The van der Waals surface area contributed by atoms with Gasteiger partial charge in [0.1, 0.15) is 15.7 Å². The van der Waals surface area contributed by atoms with Gasteiger partial charge in [0, 0.05) is 17.6 Å². The number of thiazole rings is 1. The van der Waals surface area contributed by atoms with Gasteiger partial charge in [-0.05, 0) is 45.0 Å². The Bertz CT molecular complexity index is 649. The lowest BCUT2D eigenvalue weighted by Crippen LogP contribution is -2.48. The summed E-state index contributed by atoms with van der Waals surface area (Å²) in [6.07, 6.45) is 0. The van der Waals surface area contributed by atoms with E-state index in [1.165, 1.54) is 23.5 Å². The largest absolute Gasteiger partial charge is 0.345 e. The van der Waals surface area contributed by atoms with Crippen molar-refractivity contribution in [2.75, 3.05) is 6.54 Å². The van der Waals surface area contributed by atoms with Gasteiger partial charge in [-0.2, -0.15) is 0 Å². The second-order valence-electron chi connectivity index (χ2n) is 5.48. The number of nitrogens with two attached hydrogens (primary N) is 1. The Morgan fingerprint density at radius 3 is 2.57 bits per heavy atom. The molecule has 21 heavy (non-hydrogen) atoms. The summed E-state index contributed by atoms with van der Waals surface area (Å²) < 4.78 is 12.9. The van der Waals surface area contributed by atoms with Crippen LogP contribution >= 0.6 is 11.3 Å². The molecule has 0 unspecified atom stereocenters. The summed E-state index contributed by atoms with van der Waals surface area (Å²) in [5.74, 6) is -0.483. The number of aromatic nitrogens is 1. The van der Waals surface area contributed by atoms with Gasteiger partial charge in [0.2, 0.25) is 0 Å². The van der Waals surface area contributed by atoms with E-state index < -0.39 is 5.54 Å². The van der Waals surface area contributed by atoms with Crippen LogP contribution in [0.2, 0.25) is 0 Å². The Morgan fingerprint density at radius 1 is 1.38 bits per heavy atom. The molecule has 0 aliphatic heterocycles. The zero-order valence-electron chi connectivity index (χ0n) is 12.2. The standard InChI is InChI=1S/C15H18FN3OS/c1-9-12(13(20)19-15(2,3)8-17)21-14(18-9)10-4-6-11(16)7-5-10/h4-7H,8,17H2,1-3H3,(H,19,20). The highest BCUT2D eigenvalue weighted by Crippen LogP contribution is 2.28. The topological polar surface area (TPSA) is 68.0 Å². The van der Waals surface area contributed by atoms with E-state index in [0.29, 0.717) is 22.1 Å². The Hall–Kier alpha value is -1.79. The van der Waals surface area contributed by atoms with Crippen LogP contribution in [0.25, 0.3) is 10.6 Å². The number of carbonyl (C=O) groups excluding carboxylic acids is 1. The first kappa shape index (κ1) is 15.6. The van der Waals surface area contributed by atoms with E-state index in [-0.39, 0.29) is 11.7 Å². The van der Waals surface area contributed by atoms with E-state index in [1.807, 2.05) is 13.8 Å². The van der Waals surface area contributed by atoms with Crippen LogP contribution in [0.5, 0.6) is 0 Å². The van der Waals surface area contributed by atoms with Crippen molar-refractivity contribution in [3.63, 3.8) is 0 Å². The summed E-state index contributed by atoms with van der Waals surface area (Å²) in [6.45, 7) is 5.86. The number of benzene rings is 1. The molecule has 112 valence electrons.